The van der Waals surface area contributed by atoms with Crippen LogP contribution in [-0.2, 0) is 14.3 Å². The molecular formula is C21H29O4. The topological polar surface area (TPSA) is 44.8 Å². The van der Waals surface area contributed by atoms with Crippen LogP contribution in [0.5, 0.6) is 5.75 Å². The molecule has 0 bridgehead atoms. The fourth-order valence-electron chi connectivity index (χ4n) is 2.61. The van der Waals surface area contributed by atoms with E-state index >= 15 is 0 Å². The van der Waals surface area contributed by atoms with Crippen molar-refractivity contribution in [1.82, 2.24) is 0 Å². The van der Waals surface area contributed by atoms with Gasteiger partial charge in [0.05, 0.1) is 24.5 Å². The first-order chi connectivity index (χ1) is 11.8. The maximum Gasteiger partial charge on any atom is 0.313 e. The van der Waals surface area contributed by atoms with E-state index in [1.807, 2.05) is 52.8 Å². The second-order valence-corrected chi connectivity index (χ2v) is 7.30. The van der Waals surface area contributed by atoms with Crippen molar-refractivity contribution in [1.29, 1.82) is 0 Å². The van der Waals surface area contributed by atoms with Gasteiger partial charge >= 0.3 is 5.97 Å². The Balaban J connectivity index is 1.77. The summed E-state index contributed by atoms with van der Waals surface area (Å²) in [7, 11) is 0. The molecule has 25 heavy (non-hydrogen) atoms. The highest BCUT2D eigenvalue weighted by Gasteiger charge is 2.32. The van der Waals surface area contributed by atoms with Gasteiger partial charge < -0.3 is 14.2 Å². The first kappa shape index (κ1) is 19.5. The van der Waals surface area contributed by atoms with Gasteiger partial charge in [-0.15, -0.1) is 0 Å². The number of benzene rings is 1. The number of carbonyl (C=O) groups excluding carboxylic acids is 1. The molecule has 0 saturated heterocycles. The molecule has 1 aromatic rings. The molecule has 0 aromatic heterocycles. The zero-order valence-corrected chi connectivity index (χ0v) is 15.9. The quantitative estimate of drug-likeness (QED) is 0.538. The van der Waals surface area contributed by atoms with E-state index < -0.39 is 11.7 Å². The highest BCUT2D eigenvalue weighted by atomic mass is 16.7. The Morgan fingerprint density at radius 3 is 2.76 bits per heavy atom. The third kappa shape index (κ3) is 5.89. The van der Waals surface area contributed by atoms with Crippen LogP contribution in [-0.4, -0.2) is 25.0 Å². The SMILES string of the molecule is Cc1ccc(C)c(OCCCC(C)(C)C(=O)O[C@H]2[CH]C=C[C@@H](C)O2)c1. The molecule has 0 saturated carbocycles. The van der Waals surface area contributed by atoms with Gasteiger partial charge in [-0.2, -0.15) is 0 Å². The first-order valence-electron chi connectivity index (χ1n) is 8.86. The van der Waals surface area contributed by atoms with Gasteiger partial charge in [0.15, 0.2) is 0 Å². The van der Waals surface area contributed by atoms with Gasteiger partial charge in [0.25, 0.3) is 0 Å². The van der Waals surface area contributed by atoms with Crippen molar-refractivity contribution in [3.05, 3.63) is 47.9 Å². The van der Waals surface area contributed by atoms with Crippen LogP contribution in [0.3, 0.4) is 0 Å². The van der Waals surface area contributed by atoms with Gasteiger partial charge in [0.2, 0.25) is 6.29 Å². The Morgan fingerprint density at radius 2 is 2.04 bits per heavy atom. The lowest BCUT2D eigenvalue weighted by molar-refractivity contribution is -0.186. The second-order valence-electron chi connectivity index (χ2n) is 7.30. The molecule has 4 nitrogen and oxygen atoms in total. The molecular weight excluding hydrogens is 316 g/mol. The lowest BCUT2D eigenvalue weighted by Gasteiger charge is -2.28. The highest BCUT2D eigenvalue weighted by Crippen LogP contribution is 2.27. The normalized spacial score (nSPS) is 20.4. The summed E-state index contributed by atoms with van der Waals surface area (Å²) in [5.74, 6) is 0.661. The second kappa shape index (κ2) is 8.52. The predicted octanol–water partition coefficient (Wildman–Crippen LogP) is 4.54. The monoisotopic (exact) mass is 345 g/mol. The van der Waals surface area contributed by atoms with Crippen LogP contribution in [0.1, 0.15) is 44.7 Å². The lowest BCUT2D eigenvalue weighted by Crippen LogP contribution is -2.34. The predicted molar refractivity (Wildman–Crippen MR) is 98.3 cm³/mol. The number of hydrogen-bond acceptors (Lipinski definition) is 4. The molecule has 2 atom stereocenters. The Labute approximate surface area is 151 Å². The molecule has 1 aromatic carbocycles. The lowest BCUT2D eigenvalue weighted by atomic mass is 9.88. The molecule has 0 amide bonds. The van der Waals surface area contributed by atoms with E-state index in [4.69, 9.17) is 14.2 Å². The van der Waals surface area contributed by atoms with Crippen LogP contribution >= 0.6 is 0 Å². The Hall–Kier alpha value is -1.81. The van der Waals surface area contributed by atoms with E-state index in [0.29, 0.717) is 13.0 Å². The summed E-state index contributed by atoms with van der Waals surface area (Å²) in [6, 6.07) is 6.17. The number of rotatable bonds is 7. The van der Waals surface area contributed by atoms with Gasteiger partial charge in [0.1, 0.15) is 5.75 Å². The number of aryl methyl sites for hydroxylation is 2. The van der Waals surface area contributed by atoms with Gasteiger partial charge in [-0.1, -0.05) is 24.3 Å². The van der Waals surface area contributed by atoms with Crippen LogP contribution in [0.2, 0.25) is 0 Å². The molecule has 0 unspecified atom stereocenters. The highest BCUT2D eigenvalue weighted by molar-refractivity contribution is 5.76. The summed E-state index contributed by atoms with van der Waals surface area (Å²) in [5, 5.41) is 0. The minimum Gasteiger partial charge on any atom is -0.493 e. The zero-order chi connectivity index (χ0) is 18.4. The van der Waals surface area contributed by atoms with Crippen molar-refractivity contribution in [2.75, 3.05) is 6.61 Å². The molecule has 2 rings (SSSR count). The van der Waals surface area contributed by atoms with Gasteiger partial charge in [0, 0.05) is 0 Å². The third-order valence-corrected chi connectivity index (χ3v) is 4.32. The van der Waals surface area contributed by atoms with Crippen molar-refractivity contribution in [2.24, 2.45) is 5.41 Å². The van der Waals surface area contributed by atoms with Crippen LogP contribution < -0.4 is 4.74 Å². The standard InChI is InChI=1S/C21H29O4/c1-15-10-11-16(2)18(14-15)23-13-7-12-21(4,5)20(22)25-19-9-6-8-17(3)24-19/h6,8-11,14,17,19H,7,12-13H2,1-5H3/t17-,19+/m1/s1. The summed E-state index contributed by atoms with van der Waals surface area (Å²) >= 11 is 0. The summed E-state index contributed by atoms with van der Waals surface area (Å²) in [5.41, 5.74) is 1.72. The molecule has 1 heterocycles. The van der Waals surface area contributed by atoms with E-state index in [2.05, 4.69) is 12.1 Å². The molecule has 0 fully saturated rings. The van der Waals surface area contributed by atoms with E-state index in [0.717, 1.165) is 17.7 Å². The fourth-order valence-corrected chi connectivity index (χ4v) is 2.61. The van der Waals surface area contributed by atoms with Crippen LogP contribution in [0.15, 0.2) is 30.4 Å². The largest absolute Gasteiger partial charge is 0.493 e. The van der Waals surface area contributed by atoms with E-state index in [1.54, 1.807) is 6.42 Å². The smallest absolute Gasteiger partial charge is 0.313 e. The van der Waals surface area contributed by atoms with Crippen molar-refractivity contribution in [2.45, 2.75) is 59.9 Å². The van der Waals surface area contributed by atoms with Crippen molar-refractivity contribution in [3.8, 4) is 5.75 Å². The summed E-state index contributed by atoms with van der Waals surface area (Å²) in [4.78, 5) is 12.4. The van der Waals surface area contributed by atoms with Gasteiger partial charge in [-0.05, 0) is 64.7 Å². The number of ether oxygens (including phenoxy) is 3. The molecule has 0 spiro atoms. The Bertz CT molecular complexity index is 618. The Kier molecular flexibility index (Phi) is 6.65. The maximum absolute atomic E-state index is 12.4. The van der Waals surface area contributed by atoms with Crippen molar-refractivity contribution in [3.63, 3.8) is 0 Å². The summed E-state index contributed by atoms with van der Waals surface area (Å²) in [6.45, 7) is 10.4. The molecule has 1 aliphatic heterocycles. The molecule has 1 aliphatic rings. The fraction of sp³-hybridized carbons (Fsp3) is 0.524. The first-order valence-corrected chi connectivity index (χ1v) is 8.86. The number of esters is 1. The van der Waals surface area contributed by atoms with Crippen LogP contribution in [0, 0.1) is 25.7 Å². The van der Waals surface area contributed by atoms with Gasteiger partial charge in [-0.25, -0.2) is 0 Å². The van der Waals surface area contributed by atoms with Crippen molar-refractivity contribution < 1.29 is 19.0 Å². The van der Waals surface area contributed by atoms with Gasteiger partial charge in [-0.3, -0.25) is 4.79 Å². The van der Waals surface area contributed by atoms with E-state index in [-0.39, 0.29) is 12.1 Å². The minimum absolute atomic E-state index is 0.0446. The van der Waals surface area contributed by atoms with Crippen LogP contribution in [0.25, 0.3) is 0 Å². The maximum atomic E-state index is 12.4. The molecule has 0 aliphatic carbocycles. The summed E-state index contributed by atoms with van der Waals surface area (Å²) < 4.78 is 16.9. The molecule has 137 valence electrons. The third-order valence-electron chi connectivity index (χ3n) is 4.32. The molecule has 1 radical (unpaired) electrons. The number of hydrogen-bond donors (Lipinski definition) is 0. The van der Waals surface area contributed by atoms with E-state index in [9.17, 15) is 4.79 Å². The zero-order valence-electron chi connectivity index (χ0n) is 15.9. The average Bonchev–Trinajstić information content (AvgIpc) is 2.54. The summed E-state index contributed by atoms with van der Waals surface area (Å²) in [6.07, 6.45) is 6.36. The van der Waals surface area contributed by atoms with Crippen LogP contribution in [0.4, 0.5) is 0 Å². The van der Waals surface area contributed by atoms with E-state index in [1.165, 1.54) is 5.56 Å². The average molecular weight is 345 g/mol. The number of carbonyl (C=O) groups is 1. The minimum atomic E-state index is -0.599. The Morgan fingerprint density at radius 1 is 1.28 bits per heavy atom. The molecule has 4 heteroatoms. The van der Waals surface area contributed by atoms with Crippen molar-refractivity contribution >= 4 is 5.97 Å². The molecule has 0 N–H and O–H groups in total.